The molecule has 0 spiro atoms. The minimum absolute atomic E-state index is 0.0779. The monoisotopic (exact) mass is 394 g/mol. The van der Waals surface area contributed by atoms with E-state index < -0.39 is 17.8 Å². The summed E-state index contributed by atoms with van der Waals surface area (Å²) in [4.78, 5) is 37.9. The van der Waals surface area contributed by atoms with E-state index in [9.17, 15) is 14.4 Å². The first-order chi connectivity index (χ1) is 12.4. The molecule has 6 nitrogen and oxygen atoms in total. The van der Waals surface area contributed by atoms with Gasteiger partial charge >= 0.3 is 5.97 Å². The number of carboxylic acids is 1. The second-order valence-corrected chi connectivity index (χ2v) is 7.87. The van der Waals surface area contributed by atoms with Crippen LogP contribution in [-0.2, 0) is 9.59 Å². The minimum Gasteiger partial charge on any atom is -0.481 e. The maximum absolute atomic E-state index is 12.5. The Kier molecular flexibility index (Phi) is 5.48. The highest BCUT2D eigenvalue weighted by atomic mass is 35.5. The summed E-state index contributed by atoms with van der Waals surface area (Å²) in [5.74, 6) is -2.26. The number of nitrogens with one attached hydrogen (secondary N) is 1. The number of rotatable bonds is 7. The Balaban J connectivity index is 1.64. The average Bonchev–Trinajstić information content (AvgIpc) is 3.41. The van der Waals surface area contributed by atoms with Gasteiger partial charge in [0.2, 0.25) is 5.91 Å². The van der Waals surface area contributed by atoms with E-state index in [1.165, 1.54) is 11.3 Å². The molecule has 2 amide bonds. The van der Waals surface area contributed by atoms with Gasteiger partial charge in [0.15, 0.2) is 0 Å². The molecule has 0 radical (unpaired) electrons. The standard InChI is InChI=1S/C18H19ClN2O4S/c1-10(18(24)25)9-21(11-6-7-11)14(22)8-20-17(23)16-15(19)12-4-2-3-5-13(12)26-16/h2-5,10-11H,6-9H2,1H3,(H,20,23)(H,24,25). The average molecular weight is 395 g/mol. The Hall–Kier alpha value is -2.12. The number of carbonyl (C=O) groups excluding carboxylic acids is 2. The molecule has 3 rings (SSSR count). The number of thiophene rings is 1. The second-order valence-electron chi connectivity index (χ2n) is 6.44. The van der Waals surface area contributed by atoms with Crippen LogP contribution in [0.1, 0.15) is 29.4 Å². The lowest BCUT2D eigenvalue weighted by Crippen LogP contribution is -2.44. The summed E-state index contributed by atoms with van der Waals surface area (Å²) in [7, 11) is 0. The molecule has 1 unspecified atom stereocenters. The summed E-state index contributed by atoms with van der Waals surface area (Å²) < 4.78 is 0.906. The number of carboxylic acid groups (broad SMARTS) is 1. The van der Waals surface area contributed by atoms with E-state index in [0.29, 0.717) is 9.90 Å². The summed E-state index contributed by atoms with van der Waals surface area (Å²) in [6.45, 7) is 1.55. The Morgan fingerprint density at radius 3 is 2.65 bits per heavy atom. The number of fused-ring (bicyclic) bond motifs is 1. The van der Waals surface area contributed by atoms with Gasteiger partial charge in [0.1, 0.15) is 4.88 Å². The molecule has 2 N–H and O–H groups in total. The second kappa shape index (κ2) is 7.63. The zero-order chi connectivity index (χ0) is 18.8. The molecule has 1 heterocycles. The van der Waals surface area contributed by atoms with Crippen LogP contribution >= 0.6 is 22.9 Å². The fourth-order valence-corrected chi connectivity index (χ4v) is 4.15. The predicted molar refractivity (Wildman–Crippen MR) is 101 cm³/mol. The zero-order valence-corrected chi connectivity index (χ0v) is 15.8. The maximum atomic E-state index is 12.5. The Labute approximate surface area is 159 Å². The van der Waals surface area contributed by atoms with Crippen LogP contribution < -0.4 is 5.32 Å². The van der Waals surface area contributed by atoms with Gasteiger partial charge in [0.25, 0.3) is 5.91 Å². The molecule has 1 saturated carbocycles. The number of hydrogen-bond donors (Lipinski definition) is 2. The fourth-order valence-electron chi connectivity index (χ4n) is 2.71. The van der Waals surface area contributed by atoms with Gasteiger partial charge in [-0.2, -0.15) is 0 Å². The van der Waals surface area contributed by atoms with E-state index in [1.54, 1.807) is 11.8 Å². The summed E-state index contributed by atoms with van der Waals surface area (Å²) in [5, 5.41) is 12.9. The largest absolute Gasteiger partial charge is 0.481 e. The van der Waals surface area contributed by atoms with Crippen LogP contribution in [0.4, 0.5) is 0 Å². The third kappa shape index (κ3) is 3.99. The van der Waals surface area contributed by atoms with E-state index in [4.69, 9.17) is 16.7 Å². The van der Waals surface area contributed by atoms with Crippen LogP contribution in [0, 0.1) is 5.92 Å². The summed E-state index contributed by atoms with van der Waals surface area (Å²) in [6, 6.07) is 7.53. The smallest absolute Gasteiger partial charge is 0.308 e. The van der Waals surface area contributed by atoms with Crippen LogP contribution in [0.25, 0.3) is 10.1 Å². The molecule has 26 heavy (non-hydrogen) atoms. The molecule has 1 aliphatic carbocycles. The lowest BCUT2D eigenvalue weighted by molar-refractivity contribution is -0.143. The highest BCUT2D eigenvalue weighted by Crippen LogP contribution is 2.35. The van der Waals surface area contributed by atoms with E-state index in [2.05, 4.69) is 5.32 Å². The van der Waals surface area contributed by atoms with Crippen molar-refractivity contribution in [2.75, 3.05) is 13.1 Å². The molecule has 0 saturated heterocycles. The van der Waals surface area contributed by atoms with Gasteiger partial charge in [-0.15, -0.1) is 11.3 Å². The lowest BCUT2D eigenvalue weighted by Gasteiger charge is -2.24. The Bertz CT molecular complexity index is 862. The predicted octanol–water partition coefficient (Wildman–Crippen LogP) is 3.00. The van der Waals surface area contributed by atoms with Gasteiger partial charge in [0.05, 0.1) is 17.5 Å². The van der Waals surface area contributed by atoms with Crippen molar-refractivity contribution in [2.24, 2.45) is 5.92 Å². The van der Waals surface area contributed by atoms with E-state index in [-0.39, 0.29) is 25.0 Å². The third-order valence-corrected chi connectivity index (χ3v) is 6.02. The van der Waals surface area contributed by atoms with E-state index in [0.717, 1.165) is 22.9 Å². The molecule has 1 aromatic carbocycles. The normalized spacial score (nSPS) is 14.8. The van der Waals surface area contributed by atoms with Crippen molar-refractivity contribution in [3.8, 4) is 0 Å². The van der Waals surface area contributed by atoms with Crippen molar-refractivity contribution >= 4 is 50.8 Å². The van der Waals surface area contributed by atoms with Gasteiger partial charge in [-0.25, -0.2) is 0 Å². The van der Waals surface area contributed by atoms with Gasteiger partial charge < -0.3 is 15.3 Å². The number of halogens is 1. The maximum Gasteiger partial charge on any atom is 0.308 e. The van der Waals surface area contributed by atoms with E-state index >= 15 is 0 Å². The summed E-state index contributed by atoms with van der Waals surface area (Å²) >= 11 is 7.56. The van der Waals surface area contributed by atoms with Crippen LogP contribution in [0.2, 0.25) is 5.02 Å². The highest BCUT2D eigenvalue weighted by Gasteiger charge is 2.34. The SMILES string of the molecule is CC(CN(C(=O)CNC(=O)c1sc2ccccc2c1Cl)C1CC1)C(=O)O. The topological polar surface area (TPSA) is 86.7 Å². The molecule has 8 heteroatoms. The molecule has 1 atom stereocenters. The fraction of sp³-hybridized carbons (Fsp3) is 0.389. The van der Waals surface area contributed by atoms with Crippen LogP contribution in [-0.4, -0.2) is 46.9 Å². The van der Waals surface area contributed by atoms with Gasteiger partial charge in [-0.3, -0.25) is 14.4 Å². The molecule has 0 aliphatic heterocycles. The van der Waals surface area contributed by atoms with Crippen molar-refractivity contribution < 1.29 is 19.5 Å². The van der Waals surface area contributed by atoms with Crippen LogP contribution in [0.5, 0.6) is 0 Å². The Morgan fingerprint density at radius 2 is 2.04 bits per heavy atom. The van der Waals surface area contributed by atoms with Gasteiger partial charge in [0, 0.05) is 22.7 Å². The van der Waals surface area contributed by atoms with Crippen molar-refractivity contribution in [2.45, 2.75) is 25.8 Å². The number of hydrogen-bond acceptors (Lipinski definition) is 4. The third-order valence-electron chi connectivity index (χ3n) is 4.34. The zero-order valence-electron chi connectivity index (χ0n) is 14.2. The minimum atomic E-state index is -0.940. The number of nitrogens with zero attached hydrogens (tertiary/aromatic N) is 1. The lowest BCUT2D eigenvalue weighted by atomic mass is 10.1. The van der Waals surface area contributed by atoms with Crippen molar-refractivity contribution in [1.29, 1.82) is 0 Å². The first-order valence-electron chi connectivity index (χ1n) is 8.36. The summed E-state index contributed by atoms with van der Waals surface area (Å²) in [5.41, 5.74) is 0. The Morgan fingerprint density at radius 1 is 1.35 bits per heavy atom. The molecule has 138 valence electrons. The number of aliphatic carboxylic acids is 1. The number of benzene rings is 1. The molecular formula is C18H19ClN2O4S. The number of carbonyl (C=O) groups is 3. The molecular weight excluding hydrogens is 376 g/mol. The van der Waals surface area contributed by atoms with Crippen molar-refractivity contribution in [3.05, 3.63) is 34.2 Å². The van der Waals surface area contributed by atoms with Crippen LogP contribution in [0.15, 0.2) is 24.3 Å². The first kappa shape index (κ1) is 18.7. The molecule has 1 fully saturated rings. The van der Waals surface area contributed by atoms with Gasteiger partial charge in [-0.1, -0.05) is 36.7 Å². The molecule has 2 aromatic rings. The molecule has 1 aromatic heterocycles. The van der Waals surface area contributed by atoms with Crippen LogP contribution in [0.3, 0.4) is 0 Å². The molecule has 0 bridgehead atoms. The van der Waals surface area contributed by atoms with E-state index in [1.807, 2.05) is 24.3 Å². The van der Waals surface area contributed by atoms with Crippen molar-refractivity contribution in [1.82, 2.24) is 10.2 Å². The first-order valence-corrected chi connectivity index (χ1v) is 9.55. The van der Waals surface area contributed by atoms with Crippen molar-refractivity contribution in [3.63, 3.8) is 0 Å². The highest BCUT2D eigenvalue weighted by molar-refractivity contribution is 7.21. The summed E-state index contributed by atoms with van der Waals surface area (Å²) in [6.07, 6.45) is 1.74. The van der Waals surface area contributed by atoms with Gasteiger partial charge in [-0.05, 0) is 18.9 Å². The number of amides is 2. The quantitative estimate of drug-likeness (QED) is 0.755. The molecule has 1 aliphatic rings.